The van der Waals surface area contributed by atoms with Gasteiger partial charge >= 0.3 is 0 Å². The molecule has 0 saturated heterocycles. The minimum Gasteiger partial charge on any atom is -0.282 e. The van der Waals surface area contributed by atoms with Gasteiger partial charge in [0, 0.05) is 0 Å². The number of hydrogen-bond donors (Lipinski definition) is 1. The molecule has 0 spiro atoms. The Labute approximate surface area is 95.6 Å². The summed E-state index contributed by atoms with van der Waals surface area (Å²) in [5, 5.41) is 0. The Morgan fingerprint density at radius 1 is 1.53 bits per heavy atom. The first-order valence-electron chi connectivity index (χ1n) is 4.75. The Bertz CT molecular complexity index is 408. The van der Waals surface area contributed by atoms with Crippen LogP contribution in [-0.4, -0.2) is 17.8 Å². The van der Waals surface area contributed by atoms with Crippen molar-refractivity contribution in [1.29, 1.82) is 0 Å². The highest BCUT2D eigenvalue weighted by Crippen LogP contribution is 2.40. The second kappa shape index (κ2) is 3.92. The van der Waals surface area contributed by atoms with Crippen molar-refractivity contribution in [3.8, 4) is 0 Å². The fourth-order valence-corrected chi connectivity index (χ4v) is 2.49. The van der Waals surface area contributed by atoms with Gasteiger partial charge in [-0.3, -0.25) is 4.55 Å². The van der Waals surface area contributed by atoms with Gasteiger partial charge in [-0.15, -0.1) is 11.6 Å². The van der Waals surface area contributed by atoms with Crippen molar-refractivity contribution in [2.45, 2.75) is 25.6 Å². The van der Waals surface area contributed by atoms with E-state index in [1.807, 2.05) is 20.8 Å². The SMILES string of the molecule is CC(C)C1(Cl)C=C(S(=O)(=O)O)C=CC1C. The maximum atomic E-state index is 11.0. The minimum absolute atomic E-state index is 0.0321. The highest BCUT2D eigenvalue weighted by Gasteiger charge is 2.37. The molecule has 1 aliphatic rings. The van der Waals surface area contributed by atoms with Gasteiger partial charge in [0.25, 0.3) is 10.1 Å². The molecule has 0 aliphatic heterocycles. The molecule has 0 aromatic carbocycles. The molecule has 0 aromatic rings. The number of allylic oxidation sites excluding steroid dienone is 3. The topological polar surface area (TPSA) is 54.4 Å². The van der Waals surface area contributed by atoms with Crippen molar-refractivity contribution < 1.29 is 13.0 Å². The van der Waals surface area contributed by atoms with Gasteiger partial charge in [-0.1, -0.05) is 26.8 Å². The van der Waals surface area contributed by atoms with E-state index in [2.05, 4.69) is 0 Å². The highest BCUT2D eigenvalue weighted by molar-refractivity contribution is 7.90. The first kappa shape index (κ1) is 12.7. The molecular weight excluding hydrogens is 236 g/mol. The van der Waals surface area contributed by atoms with Crippen LogP contribution in [0, 0.1) is 11.8 Å². The predicted molar refractivity (Wildman–Crippen MR) is 61.4 cm³/mol. The molecule has 5 heteroatoms. The lowest BCUT2D eigenvalue weighted by Crippen LogP contribution is -2.35. The molecular formula is C10H15ClO3S. The second-order valence-electron chi connectivity index (χ2n) is 4.15. The van der Waals surface area contributed by atoms with Crippen LogP contribution in [-0.2, 0) is 10.1 Å². The zero-order valence-electron chi connectivity index (χ0n) is 8.94. The van der Waals surface area contributed by atoms with E-state index in [1.165, 1.54) is 12.2 Å². The van der Waals surface area contributed by atoms with Crippen molar-refractivity contribution >= 4 is 21.7 Å². The molecule has 2 unspecified atom stereocenters. The maximum absolute atomic E-state index is 11.0. The second-order valence-corrected chi connectivity index (χ2v) is 6.23. The summed E-state index contributed by atoms with van der Waals surface area (Å²) in [6.45, 7) is 5.75. The van der Waals surface area contributed by atoms with Crippen LogP contribution in [0.5, 0.6) is 0 Å². The minimum atomic E-state index is -4.16. The lowest BCUT2D eigenvalue weighted by molar-refractivity contribution is 0.413. The van der Waals surface area contributed by atoms with E-state index in [-0.39, 0.29) is 16.7 Å². The molecule has 0 heterocycles. The van der Waals surface area contributed by atoms with Crippen LogP contribution in [0.3, 0.4) is 0 Å². The van der Waals surface area contributed by atoms with Gasteiger partial charge in [-0.05, 0) is 24.0 Å². The number of hydrogen-bond acceptors (Lipinski definition) is 2. The van der Waals surface area contributed by atoms with Crippen LogP contribution in [0.4, 0.5) is 0 Å². The molecule has 2 atom stereocenters. The summed E-state index contributed by atoms with van der Waals surface area (Å²) in [5.74, 6) is 0.112. The van der Waals surface area contributed by atoms with Crippen LogP contribution in [0.25, 0.3) is 0 Å². The Balaban J connectivity index is 3.23. The normalized spacial score (nSPS) is 31.9. The molecule has 1 aliphatic carbocycles. The molecule has 0 bridgehead atoms. The van der Waals surface area contributed by atoms with Crippen LogP contribution >= 0.6 is 11.6 Å². The Morgan fingerprint density at radius 3 is 2.47 bits per heavy atom. The third kappa shape index (κ3) is 2.44. The van der Waals surface area contributed by atoms with E-state index in [4.69, 9.17) is 16.2 Å². The number of halogens is 1. The van der Waals surface area contributed by atoms with Crippen molar-refractivity contribution in [2.75, 3.05) is 0 Å². The van der Waals surface area contributed by atoms with Crippen LogP contribution in [0.1, 0.15) is 20.8 Å². The largest absolute Gasteiger partial charge is 0.294 e. The number of alkyl halides is 1. The zero-order valence-corrected chi connectivity index (χ0v) is 10.5. The van der Waals surface area contributed by atoms with E-state index < -0.39 is 15.0 Å². The summed E-state index contributed by atoms with van der Waals surface area (Å²) in [6.07, 6.45) is 4.53. The molecule has 0 radical (unpaired) electrons. The summed E-state index contributed by atoms with van der Waals surface area (Å²) < 4.78 is 30.9. The maximum Gasteiger partial charge on any atom is 0.294 e. The van der Waals surface area contributed by atoms with Crippen molar-refractivity contribution in [1.82, 2.24) is 0 Å². The fourth-order valence-electron chi connectivity index (χ4n) is 1.64. The van der Waals surface area contributed by atoms with Gasteiger partial charge in [0.1, 0.15) is 0 Å². The average molecular weight is 251 g/mol. The standard InChI is InChI=1S/C10H15ClO3S/c1-7(2)10(11)6-9(15(12,13)14)5-4-8(10)3/h4-8H,1-3H3,(H,12,13,14). The smallest absolute Gasteiger partial charge is 0.282 e. The molecule has 1 N–H and O–H groups in total. The molecule has 1 rings (SSSR count). The highest BCUT2D eigenvalue weighted by atomic mass is 35.5. The monoisotopic (exact) mass is 250 g/mol. The zero-order chi connectivity index (χ0) is 11.9. The quantitative estimate of drug-likeness (QED) is 0.605. The van der Waals surface area contributed by atoms with Crippen LogP contribution < -0.4 is 0 Å². The summed E-state index contributed by atoms with van der Waals surface area (Å²) in [6, 6.07) is 0. The number of rotatable bonds is 2. The van der Waals surface area contributed by atoms with Crippen LogP contribution in [0.2, 0.25) is 0 Å². The lowest BCUT2D eigenvalue weighted by atomic mass is 9.81. The fraction of sp³-hybridized carbons (Fsp3) is 0.600. The van der Waals surface area contributed by atoms with Crippen molar-refractivity contribution in [3.63, 3.8) is 0 Å². The van der Waals surface area contributed by atoms with E-state index in [1.54, 1.807) is 6.08 Å². The van der Waals surface area contributed by atoms with Gasteiger partial charge in [-0.25, -0.2) is 0 Å². The van der Waals surface area contributed by atoms with Gasteiger partial charge in [0.15, 0.2) is 0 Å². The van der Waals surface area contributed by atoms with Crippen molar-refractivity contribution in [2.24, 2.45) is 11.8 Å². The van der Waals surface area contributed by atoms with E-state index in [0.717, 1.165) is 0 Å². The Hall–Kier alpha value is -0.320. The molecule has 0 saturated carbocycles. The van der Waals surface area contributed by atoms with E-state index >= 15 is 0 Å². The van der Waals surface area contributed by atoms with Gasteiger partial charge in [-0.2, -0.15) is 8.42 Å². The van der Waals surface area contributed by atoms with E-state index in [0.29, 0.717) is 0 Å². The molecule has 3 nitrogen and oxygen atoms in total. The molecule has 0 fully saturated rings. The van der Waals surface area contributed by atoms with Gasteiger partial charge in [0.05, 0.1) is 9.78 Å². The van der Waals surface area contributed by atoms with E-state index in [9.17, 15) is 8.42 Å². The van der Waals surface area contributed by atoms with Crippen LogP contribution in [0.15, 0.2) is 23.1 Å². The average Bonchev–Trinajstić information content (AvgIpc) is 2.07. The van der Waals surface area contributed by atoms with Crippen molar-refractivity contribution in [3.05, 3.63) is 23.1 Å². The summed E-state index contributed by atoms with van der Waals surface area (Å²) in [5.41, 5.74) is 0. The molecule has 0 amide bonds. The predicted octanol–water partition coefficient (Wildman–Crippen LogP) is 2.60. The Morgan fingerprint density at radius 2 is 2.07 bits per heavy atom. The molecule has 15 heavy (non-hydrogen) atoms. The summed E-state index contributed by atoms with van der Waals surface area (Å²) in [7, 11) is -4.16. The van der Waals surface area contributed by atoms with Gasteiger partial charge < -0.3 is 0 Å². The molecule has 0 aromatic heterocycles. The molecule has 86 valence electrons. The summed E-state index contributed by atoms with van der Waals surface area (Å²) >= 11 is 6.36. The summed E-state index contributed by atoms with van der Waals surface area (Å²) in [4.78, 5) is -0.871. The first-order chi connectivity index (χ1) is 6.68. The Kier molecular flexibility index (Phi) is 3.33. The van der Waals surface area contributed by atoms with Gasteiger partial charge in [0.2, 0.25) is 0 Å². The first-order valence-corrected chi connectivity index (χ1v) is 6.57. The lowest BCUT2D eigenvalue weighted by Gasteiger charge is -2.35. The third-order valence-electron chi connectivity index (χ3n) is 2.79. The third-order valence-corrected chi connectivity index (χ3v) is 4.53.